The quantitative estimate of drug-likeness (QED) is 0.359. The topological polar surface area (TPSA) is 99.8 Å². The highest BCUT2D eigenvalue weighted by atomic mass is 32.2. The Labute approximate surface area is 270 Å². The van der Waals surface area contributed by atoms with Crippen LogP contribution in [0.15, 0.2) is 58.4 Å². The van der Waals surface area contributed by atoms with E-state index in [9.17, 15) is 32.3 Å². The molecule has 3 aromatic rings. The number of rotatable bonds is 5. The number of nitrogens with zero attached hydrogens (tertiary/aromatic N) is 2. The van der Waals surface area contributed by atoms with E-state index in [0.717, 1.165) is 70.1 Å². The van der Waals surface area contributed by atoms with Crippen LogP contribution in [-0.2, 0) is 20.6 Å². The molecule has 8 nitrogen and oxygen atoms in total. The second kappa shape index (κ2) is 11.0. The lowest BCUT2D eigenvalue weighted by Gasteiger charge is -2.43. The number of piperidine rings is 1. The van der Waals surface area contributed by atoms with Crippen molar-refractivity contribution >= 4 is 46.5 Å². The van der Waals surface area contributed by atoms with Crippen molar-refractivity contribution in [3.63, 3.8) is 0 Å². The van der Waals surface area contributed by atoms with Crippen LogP contribution in [0.1, 0.15) is 47.6 Å². The molecule has 2 saturated carbocycles. The lowest BCUT2D eigenvalue weighted by atomic mass is 9.68. The molecular weight excluding hydrogens is 640 g/mol. The molecule has 3 aliphatic heterocycles. The summed E-state index contributed by atoms with van der Waals surface area (Å²) in [6, 6.07) is 12.2. The van der Waals surface area contributed by atoms with Crippen LogP contribution in [0.5, 0.6) is 5.75 Å². The highest BCUT2D eigenvalue weighted by Gasteiger charge is 2.70. The number of carbonyl (C=O) groups is 3. The van der Waals surface area contributed by atoms with Gasteiger partial charge in [-0.05, 0) is 73.3 Å². The maximum Gasteiger partial charge on any atom is 0.418 e. The summed E-state index contributed by atoms with van der Waals surface area (Å²) in [5, 5.41) is 0.649. The molecule has 2 aromatic carbocycles. The number of halogens is 3. The van der Waals surface area contributed by atoms with Crippen molar-refractivity contribution in [3.05, 3.63) is 74.2 Å². The SMILES string of the molecule is O=C(COc1ccc([C@H]2c3sc(=O)[nH]c3SC3C4CC(C5C(=O)N(c6ccccc6C(F)(F)F)C(=O)C45)C32)cc1)N1CCCCC1. The standard InChI is InChI=1S/C33H30F3N3O5S2/c34-33(35,36)20-6-2-3-7-21(20)39-30(41)25-18-14-19(26(25)31(39)42)27-24(18)23(28-29(45-27)37-32(43)46-28)16-8-10-17(11-9-16)44-15-22(40)38-12-4-1-5-13-38/h2-3,6-11,18-19,23-27H,1,4-5,12-15H2,(H,37,43)/t18?,19?,23-,24?,25?,26?,27?/m1/s1. The van der Waals surface area contributed by atoms with Crippen LogP contribution in [0.2, 0.25) is 0 Å². The van der Waals surface area contributed by atoms with Crippen molar-refractivity contribution in [1.82, 2.24) is 9.88 Å². The highest BCUT2D eigenvalue weighted by Crippen LogP contribution is 2.68. The number of H-pyrrole nitrogens is 1. The van der Waals surface area contributed by atoms with Crippen molar-refractivity contribution in [2.45, 2.75) is 48.1 Å². The summed E-state index contributed by atoms with van der Waals surface area (Å²) in [5.74, 6) is -2.86. The number of thiazole rings is 1. The Kier molecular flexibility index (Phi) is 7.13. The van der Waals surface area contributed by atoms with Crippen LogP contribution in [-0.4, -0.2) is 52.6 Å². The maximum absolute atomic E-state index is 14.0. The average Bonchev–Trinajstić information content (AvgIpc) is 3.79. The zero-order chi connectivity index (χ0) is 31.9. The van der Waals surface area contributed by atoms with Crippen molar-refractivity contribution in [3.8, 4) is 5.75 Å². The monoisotopic (exact) mass is 669 g/mol. The predicted molar refractivity (Wildman–Crippen MR) is 165 cm³/mol. The Morgan fingerprint density at radius 2 is 1.63 bits per heavy atom. The average molecular weight is 670 g/mol. The number of hydrogen-bond donors (Lipinski definition) is 1. The van der Waals surface area contributed by atoms with Crippen molar-refractivity contribution in [1.29, 1.82) is 0 Å². The predicted octanol–water partition coefficient (Wildman–Crippen LogP) is 5.52. The van der Waals surface area contributed by atoms with E-state index in [1.165, 1.54) is 30.0 Å². The largest absolute Gasteiger partial charge is 0.484 e. The van der Waals surface area contributed by atoms with Gasteiger partial charge in [0.05, 0.1) is 28.1 Å². The zero-order valence-electron chi connectivity index (χ0n) is 24.5. The Balaban J connectivity index is 1.09. The Hall–Kier alpha value is -3.58. The van der Waals surface area contributed by atoms with Crippen molar-refractivity contribution in [2.24, 2.45) is 29.6 Å². The molecular formula is C33H30F3N3O5S2. The lowest BCUT2D eigenvalue weighted by Crippen LogP contribution is -2.42. The number of fused-ring (bicyclic) bond motifs is 9. The fourth-order valence-electron chi connectivity index (χ4n) is 8.69. The molecule has 3 amide bonds. The van der Waals surface area contributed by atoms with Gasteiger partial charge in [0, 0.05) is 29.1 Å². The van der Waals surface area contributed by atoms with Gasteiger partial charge in [0.2, 0.25) is 11.8 Å². The van der Waals surface area contributed by atoms with E-state index in [4.69, 9.17) is 4.74 Å². The molecule has 0 spiro atoms. The minimum atomic E-state index is -4.72. The number of imide groups is 1. The molecule has 8 rings (SSSR count). The molecule has 7 atom stereocenters. The molecule has 2 bridgehead atoms. The summed E-state index contributed by atoms with van der Waals surface area (Å²) in [7, 11) is 0. The number of hydrogen-bond acceptors (Lipinski definition) is 7. The second-order valence-electron chi connectivity index (χ2n) is 12.8. The number of nitrogens with one attached hydrogen (secondary N) is 1. The smallest absolute Gasteiger partial charge is 0.418 e. The van der Waals surface area contributed by atoms with E-state index in [-0.39, 0.29) is 46.3 Å². The first-order valence-corrected chi connectivity index (χ1v) is 17.3. The number of ether oxygens (including phenoxy) is 1. The summed E-state index contributed by atoms with van der Waals surface area (Å²) in [4.78, 5) is 59.2. The number of alkyl halides is 3. The Bertz CT molecular complexity index is 1780. The third-order valence-electron chi connectivity index (χ3n) is 10.5. The molecule has 1 aromatic heterocycles. The number of likely N-dealkylation sites (tertiary alicyclic amines) is 1. The first-order valence-electron chi connectivity index (χ1n) is 15.6. The number of aromatic nitrogens is 1. The molecule has 5 aliphatic rings. The second-order valence-corrected chi connectivity index (χ2v) is 15.0. The third-order valence-corrected chi connectivity index (χ3v) is 13.1. The van der Waals surface area contributed by atoms with Gasteiger partial charge in [0.1, 0.15) is 5.75 Å². The number of carbonyl (C=O) groups excluding carboxylic acids is 3. The van der Waals surface area contributed by atoms with Gasteiger partial charge in [0.15, 0.2) is 6.61 Å². The molecule has 13 heteroatoms. The zero-order valence-corrected chi connectivity index (χ0v) is 26.1. The normalized spacial score (nSPS) is 29.9. The fourth-order valence-corrected chi connectivity index (χ4v) is 11.6. The van der Waals surface area contributed by atoms with Gasteiger partial charge in [-0.15, -0.1) is 11.8 Å². The molecule has 4 heterocycles. The number of aromatic amines is 1. The van der Waals surface area contributed by atoms with Crippen LogP contribution in [0.3, 0.4) is 0 Å². The van der Waals surface area contributed by atoms with Crippen LogP contribution in [0, 0.1) is 29.6 Å². The van der Waals surface area contributed by atoms with E-state index >= 15 is 0 Å². The van der Waals surface area contributed by atoms with Crippen LogP contribution in [0.25, 0.3) is 0 Å². The maximum atomic E-state index is 14.0. The fraction of sp³-hybridized carbons (Fsp3) is 0.455. The van der Waals surface area contributed by atoms with Crippen molar-refractivity contribution < 1.29 is 32.3 Å². The number of benzene rings is 2. The van der Waals surface area contributed by atoms with Gasteiger partial charge in [-0.1, -0.05) is 35.6 Å². The first-order chi connectivity index (χ1) is 22.1. The van der Waals surface area contributed by atoms with E-state index in [2.05, 4.69) is 4.98 Å². The van der Waals surface area contributed by atoms with E-state index < -0.39 is 41.1 Å². The first kappa shape index (κ1) is 29.8. The summed E-state index contributed by atoms with van der Waals surface area (Å²) < 4.78 is 47.6. The molecule has 1 N–H and O–H groups in total. The molecule has 2 aliphatic carbocycles. The molecule has 6 unspecified atom stereocenters. The summed E-state index contributed by atoms with van der Waals surface area (Å²) in [6.07, 6.45) is -0.975. The third kappa shape index (κ3) is 4.63. The number of thioether (sulfide) groups is 1. The van der Waals surface area contributed by atoms with Crippen LogP contribution in [0.4, 0.5) is 18.9 Å². The van der Waals surface area contributed by atoms with E-state index in [1.807, 2.05) is 17.0 Å². The number of para-hydroxylation sites is 1. The Morgan fingerprint density at radius 3 is 2.35 bits per heavy atom. The summed E-state index contributed by atoms with van der Waals surface area (Å²) in [5.41, 5.74) is -0.501. The van der Waals surface area contributed by atoms with E-state index in [1.54, 1.807) is 12.1 Å². The van der Waals surface area contributed by atoms with Gasteiger partial charge < -0.3 is 14.6 Å². The van der Waals surface area contributed by atoms with Gasteiger partial charge in [-0.2, -0.15) is 13.2 Å². The molecule has 4 fully saturated rings. The molecule has 240 valence electrons. The minimum Gasteiger partial charge on any atom is -0.484 e. The van der Waals surface area contributed by atoms with Gasteiger partial charge in [0.25, 0.3) is 5.91 Å². The molecule has 46 heavy (non-hydrogen) atoms. The van der Waals surface area contributed by atoms with Gasteiger partial charge in [-0.3, -0.25) is 19.2 Å². The number of amides is 3. The van der Waals surface area contributed by atoms with Crippen LogP contribution >= 0.6 is 23.1 Å². The summed E-state index contributed by atoms with van der Waals surface area (Å²) >= 11 is 2.65. The Morgan fingerprint density at radius 1 is 0.935 bits per heavy atom. The van der Waals surface area contributed by atoms with Crippen LogP contribution < -0.4 is 14.5 Å². The minimum absolute atomic E-state index is 0.0446. The summed E-state index contributed by atoms with van der Waals surface area (Å²) in [6.45, 7) is 1.44. The van der Waals surface area contributed by atoms with Gasteiger partial charge in [-0.25, -0.2) is 4.90 Å². The highest BCUT2D eigenvalue weighted by molar-refractivity contribution is 8.00. The van der Waals surface area contributed by atoms with Gasteiger partial charge >= 0.3 is 11.0 Å². The van der Waals surface area contributed by atoms with Crippen molar-refractivity contribution in [2.75, 3.05) is 24.6 Å². The molecule has 2 saturated heterocycles. The number of anilines is 1. The molecule has 0 radical (unpaired) electrons. The lowest BCUT2D eigenvalue weighted by molar-refractivity contribution is -0.137. The van der Waals surface area contributed by atoms with E-state index in [0.29, 0.717) is 12.2 Å².